The SMILES string of the molecule is COc1cc(C2(c3ccccc3)C=Cc3c(-c4cscn4)n[nH]c3C2)cc(OC)c1OC. The Balaban J connectivity index is 1.70. The summed E-state index contributed by atoms with van der Waals surface area (Å²) in [7, 11) is 4.89. The van der Waals surface area contributed by atoms with Gasteiger partial charge >= 0.3 is 0 Å². The van der Waals surface area contributed by atoms with E-state index in [9.17, 15) is 0 Å². The number of ether oxygens (including phenoxy) is 3. The van der Waals surface area contributed by atoms with Crippen molar-refractivity contribution in [2.75, 3.05) is 21.3 Å². The lowest BCUT2D eigenvalue weighted by molar-refractivity contribution is 0.323. The zero-order valence-electron chi connectivity index (χ0n) is 18.1. The van der Waals surface area contributed by atoms with Gasteiger partial charge in [0.15, 0.2) is 11.5 Å². The molecule has 0 aliphatic heterocycles. The molecule has 5 rings (SSSR count). The van der Waals surface area contributed by atoms with Crippen LogP contribution in [0.3, 0.4) is 0 Å². The maximum atomic E-state index is 5.66. The molecule has 0 amide bonds. The summed E-state index contributed by atoms with van der Waals surface area (Å²) in [5, 5.41) is 9.87. The molecule has 7 heteroatoms. The van der Waals surface area contributed by atoms with Crippen LogP contribution < -0.4 is 14.2 Å². The predicted octanol–water partition coefficient (Wildman–Crippen LogP) is 5.11. The van der Waals surface area contributed by atoms with Gasteiger partial charge in [-0.15, -0.1) is 11.3 Å². The lowest BCUT2D eigenvalue weighted by Crippen LogP contribution is -2.30. The lowest BCUT2D eigenvalue weighted by atomic mass is 9.68. The number of H-pyrrole nitrogens is 1. The van der Waals surface area contributed by atoms with E-state index in [1.807, 2.05) is 29.1 Å². The van der Waals surface area contributed by atoms with Gasteiger partial charge in [-0.1, -0.05) is 42.5 Å². The molecular formula is C25H23N3O3S. The summed E-state index contributed by atoms with van der Waals surface area (Å²) in [6.45, 7) is 0. The number of aromatic nitrogens is 3. The average molecular weight is 446 g/mol. The highest BCUT2D eigenvalue weighted by molar-refractivity contribution is 7.07. The fourth-order valence-corrected chi connectivity index (χ4v) is 4.96. The van der Waals surface area contributed by atoms with Crippen LogP contribution in [-0.4, -0.2) is 36.5 Å². The zero-order valence-corrected chi connectivity index (χ0v) is 18.9. The Morgan fingerprint density at radius 1 is 0.969 bits per heavy atom. The predicted molar refractivity (Wildman–Crippen MR) is 126 cm³/mol. The molecule has 0 bridgehead atoms. The van der Waals surface area contributed by atoms with Crippen LogP contribution in [0.5, 0.6) is 17.2 Å². The molecular weight excluding hydrogens is 422 g/mol. The van der Waals surface area contributed by atoms with Crippen molar-refractivity contribution >= 4 is 17.4 Å². The van der Waals surface area contributed by atoms with Crippen LogP contribution in [0.2, 0.25) is 0 Å². The smallest absolute Gasteiger partial charge is 0.203 e. The summed E-state index contributed by atoms with van der Waals surface area (Å²) in [6.07, 6.45) is 5.10. The Hall–Kier alpha value is -3.58. The number of hydrogen-bond acceptors (Lipinski definition) is 6. The molecule has 32 heavy (non-hydrogen) atoms. The van der Waals surface area contributed by atoms with Gasteiger partial charge in [0.25, 0.3) is 0 Å². The van der Waals surface area contributed by atoms with Crippen LogP contribution >= 0.6 is 11.3 Å². The summed E-state index contributed by atoms with van der Waals surface area (Å²) >= 11 is 1.56. The minimum Gasteiger partial charge on any atom is -0.493 e. The van der Waals surface area contributed by atoms with Crippen molar-refractivity contribution < 1.29 is 14.2 Å². The van der Waals surface area contributed by atoms with Crippen LogP contribution in [0.15, 0.2) is 59.4 Å². The molecule has 1 aliphatic carbocycles. The van der Waals surface area contributed by atoms with E-state index in [0.717, 1.165) is 28.2 Å². The highest BCUT2D eigenvalue weighted by Crippen LogP contribution is 2.47. The number of rotatable bonds is 6. The van der Waals surface area contributed by atoms with Gasteiger partial charge in [-0.25, -0.2) is 4.98 Å². The monoisotopic (exact) mass is 445 g/mol. The Labute approximate surface area is 190 Å². The van der Waals surface area contributed by atoms with E-state index in [0.29, 0.717) is 23.7 Å². The molecule has 2 heterocycles. The second kappa shape index (κ2) is 8.16. The van der Waals surface area contributed by atoms with Crippen LogP contribution in [0.1, 0.15) is 22.4 Å². The molecule has 1 aliphatic rings. The topological polar surface area (TPSA) is 69.3 Å². The minimum absolute atomic E-state index is 0.438. The number of allylic oxidation sites excluding steroid dienone is 1. The van der Waals surface area contributed by atoms with E-state index in [1.54, 1.807) is 32.7 Å². The van der Waals surface area contributed by atoms with Gasteiger partial charge in [-0.3, -0.25) is 5.10 Å². The second-order valence-corrected chi connectivity index (χ2v) is 8.32. The summed E-state index contributed by atoms with van der Waals surface area (Å²) in [6, 6.07) is 14.5. The highest BCUT2D eigenvalue weighted by Gasteiger charge is 2.38. The maximum absolute atomic E-state index is 5.66. The standard InChI is InChI=1S/C25H23N3O3S/c1-29-21-11-17(12-22(30-2)24(21)31-3)25(16-7-5-4-6-8-16)10-9-18-19(13-25)27-28-23(18)20-14-32-15-26-20/h4-12,14-15H,13H2,1-3H3,(H,27,28). The largest absolute Gasteiger partial charge is 0.493 e. The van der Waals surface area contributed by atoms with Crippen LogP contribution in [0.25, 0.3) is 17.5 Å². The van der Waals surface area contributed by atoms with Crippen molar-refractivity contribution in [2.45, 2.75) is 11.8 Å². The third-order valence-corrected chi connectivity index (χ3v) is 6.60. The number of hydrogen-bond donors (Lipinski definition) is 1. The van der Waals surface area contributed by atoms with Gasteiger partial charge in [-0.05, 0) is 23.3 Å². The Morgan fingerprint density at radius 2 is 1.72 bits per heavy atom. The van der Waals surface area contributed by atoms with Gasteiger partial charge in [0.2, 0.25) is 5.75 Å². The molecule has 6 nitrogen and oxygen atoms in total. The fraction of sp³-hybridized carbons (Fsp3) is 0.200. The molecule has 0 fully saturated rings. The van der Waals surface area contributed by atoms with E-state index in [4.69, 9.17) is 14.2 Å². The fourth-order valence-electron chi connectivity index (χ4n) is 4.43. The van der Waals surface area contributed by atoms with Gasteiger partial charge in [0, 0.05) is 28.5 Å². The number of thiazole rings is 1. The van der Waals surface area contributed by atoms with Crippen molar-refractivity contribution in [2.24, 2.45) is 0 Å². The molecule has 1 unspecified atom stereocenters. The summed E-state index contributed by atoms with van der Waals surface area (Å²) in [4.78, 5) is 4.44. The molecule has 1 atom stereocenters. The van der Waals surface area contributed by atoms with Crippen molar-refractivity contribution in [3.63, 3.8) is 0 Å². The summed E-state index contributed by atoms with van der Waals surface area (Å²) in [5.41, 5.74) is 7.51. The van der Waals surface area contributed by atoms with E-state index in [-0.39, 0.29) is 0 Å². The molecule has 4 aromatic rings. The third-order valence-electron chi connectivity index (χ3n) is 6.02. The molecule has 0 radical (unpaired) electrons. The zero-order chi connectivity index (χ0) is 22.1. The minimum atomic E-state index is -0.438. The molecule has 2 aromatic heterocycles. The Bertz CT molecular complexity index is 1240. The lowest BCUT2D eigenvalue weighted by Gasteiger charge is -2.35. The molecule has 2 aromatic carbocycles. The first-order chi connectivity index (χ1) is 15.7. The van der Waals surface area contributed by atoms with E-state index in [1.165, 1.54) is 5.56 Å². The quantitative estimate of drug-likeness (QED) is 0.446. The molecule has 0 spiro atoms. The van der Waals surface area contributed by atoms with E-state index in [2.05, 4.69) is 51.6 Å². The first-order valence-corrected chi connectivity index (χ1v) is 11.2. The van der Waals surface area contributed by atoms with Crippen LogP contribution in [0.4, 0.5) is 0 Å². The first kappa shape index (κ1) is 20.3. The number of nitrogens with zero attached hydrogens (tertiary/aromatic N) is 2. The van der Waals surface area contributed by atoms with Gasteiger partial charge in [0.05, 0.1) is 26.8 Å². The maximum Gasteiger partial charge on any atom is 0.203 e. The second-order valence-electron chi connectivity index (χ2n) is 7.60. The number of methoxy groups -OCH3 is 3. The number of nitrogens with one attached hydrogen (secondary N) is 1. The number of benzene rings is 2. The number of aromatic amines is 1. The van der Waals surface area contributed by atoms with Crippen molar-refractivity contribution in [1.82, 2.24) is 15.2 Å². The van der Waals surface area contributed by atoms with Crippen LogP contribution in [-0.2, 0) is 11.8 Å². The highest BCUT2D eigenvalue weighted by atomic mass is 32.1. The first-order valence-electron chi connectivity index (χ1n) is 10.2. The van der Waals surface area contributed by atoms with Gasteiger partial charge in [0.1, 0.15) is 11.4 Å². The third kappa shape index (κ3) is 3.17. The van der Waals surface area contributed by atoms with Gasteiger partial charge in [-0.2, -0.15) is 5.10 Å². The van der Waals surface area contributed by atoms with Crippen molar-refractivity contribution in [3.05, 3.63) is 81.8 Å². The van der Waals surface area contributed by atoms with E-state index >= 15 is 0 Å². The molecule has 0 saturated carbocycles. The van der Waals surface area contributed by atoms with E-state index < -0.39 is 5.41 Å². The normalized spacial score (nSPS) is 17.1. The summed E-state index contributed by atoms with van der Waals surface area (Å²) < 4.78 is 16.9. The number of fused-ring (bicyclic) bond motifs is 1. The molecule has 162 valence electrons. The Morgan fingerprint density at radius 3 is 2.34 bits per heavy atom. The van der Waals surface area contributed by atoms with Crippen LogP contribution in [0, 0.1) is 0 Å². The van der Waals surface area contributed by atoms with Crippen molar-refractivity contribution in [3.8, 4) is 28.6 Å². The summed E-state index contributed by atoms with van der Waals surface area (Å²) in [5.74, 6) is 1.84. The Kier molecular flexibility index (Phi) is 5.19. The molecule has 0 saturated heterocycles. The average Bonchev–Trinajstić information content (AvgIpc) is 3.52. The molecule has 1 N–H and O–H groups in total. The van der Waals surface area contributed by atoms with Gasteiger partial charge < -0.3 is 14.2 Å². The van der Waals surface area contributed by atoms with Crippen molar-refractivity contribution in [1.29, 1.82) is 0 Å².